The van der Waals surface area contributed by atoms with Crippen LogP contribution in [0, 0.1) is 0 Å². The Bertz CT molecular complexity index is 1410. The van der Waals surface area contributed by atoms with Crippen LogP contribution in [0.15, 0.2) is 76.1 Å². The number of ether oxygens (including phenoxy) is 4. The first kappa shape index (κ1) is 24.7. The van der Waals surface area contributed by atoms with Crippen molar-refractivity contribution in [3.63, 3.8) is 0 Å². The van der Waals surface area contributed by atoms with Gasteiger partial charge in [-0.2, -0.15) is 0 Å². The van der Waals surface area contributed by atoms with Gasteiger partial charge in [-0.15, -0.1) is 0 Å². The number of fused-ring (bicyclic) bond motifs is 1. The first-order valence-corrected chi connectivity index (χ1v) is 11.3. The summed E-state index contributed by atoms with van der Waals surface area (Å²) in [6.45, 7) is 0.282. The molecule has 0 aliphatic rings. The van der Waals surface area contributed by atoms with Crippen molar-refractivity contribution in [1.29, 1.82) is 0 Å². The van der Waals surface area contributed by atoms with Gasteiger partial charge in [-0.25, -0.2) is 0 Å². The number of methoxy groups -OCH3 is 3. The summed E-state index contributed by atoms with van der Waals surface area (Å²) in [5, 5.41) is 3.26. The number of amides is 1. The van der Waals surface area contributed by atoms with Crippen molar-refractivity contribution in [1.82, 2.24) is 5.32 Å². The van der Waals surface area contributed by atoms with E-state index in [0.29, 0.717) is 52.5 Å². The van der Waals surface area contributed by atoms with Gasteiger partial charge in [0.25, 0.3) is 5.91 Å². The van der Waals surface area contributed by atoms with Crippen molar-refractivity contribution in [2.75, 3.05) is 34.5 Å². The van der Waals surface area contributed by atoms with Gasteiger partial charge in [0.1, 0.15) is 23.3 Å². The number of carbonyl (C=O) groups excluding carboxylic acids is 1. The third-order valence-corrected chi connectivity index (χ3v) is 5.70. The molecule has 0 aliphatic heterocycles. The van der Waals surface area contributed by atoms with Crippen molar-refractivity contribution >= 4 is 16.9 Å². The van der Waals surface area contributed by atoms with Gasteiger partial charge in [0.15, 0.2) is 23.5 Å². The average Bonchev–Trinajstić information content (AvgIpc) is 2.92. The minimum absolute atomic E-state index is 0.152. The second-order valence-corrected chi connectivity index (χ2v) is 7.94. The maximum atomic E-state index is 13.0. The molecule has 0 saturated heterocycles. The molecule has 0 unspecified atom stereocenters. The fraction of sp³-hybridized carbons (Fsp3) is 0.214. The Kier molecular flexibility index (Phi) is 7.75. The Morgan fingerprint density at radius 1 is 0.861 bits per heavy atom. The van der Waals surface area contributed by atoms with E-state index in [4.69, 9.17) is 23.4 Å². The van der Waals surface area contributed by atoms with Crippen LogP contribution in [0.5, 0.6) is 23.0 Å². The minimum atomic E-state index is -0.258. The zero-order valence-electron chi connectivity index (χ0n) is 20.3. The molecular weight excluding hydrogens is 462 g/mol. The number of hydrogen-bond acceptors (Lipinski definition) is 7. The molecule has 1 N–H and O–H groups in total. The lowest BCUT2D eigenvalue weighted by Gasteiger charge is -2.11. The van der Waals surface area contributed by atoms with Crippen LogP contribution in [0.1, 0.15) is 5.56 Å². The Balaban J connectivity index is 1.34. The summed E-state index contributed by atoms with van der Waals surface area (Å²) in [4.78, 5) is 25.2. The monoisotopic (exact) mass is 489 g/mol. The molecule has 3 aromatic carbocycles. The van der Waals surface area contributed by atoms with Crippen molar-refractivity contribution < 1.29 is 28.2 Å². The van der Waals surface area contributed by atoms with Crippen LogP contribution in [0.2, 0.25) is 0 Å². The maximum absolute atomic E-state index is 13.0. The quantitative estimate of drug-likeness (QED) is 0.356. The van der Waals surface area contributed by atoms with E-state index in [-0.39, 0.29) is 17.9 Å². The highest BCUT2D eigenvalue weighted by molar-refractivity contribution is 5.83. The molecule has 186 valence electrons. The van der Waals surface area contributed by atoms with E-state index in [1.54, 1.807) is 63.8 Å². The normalized spacial score (nSPS) is 10.6. The van der Waals surface area contributed by atoms with Crippen molar-refractivity contribution in [2.24, 2.45) is 0 Å². The molecule has 1 heterocycles. The summed E-state index contributed by atoms with van der Waals surface area (Å²) in [6, 6.07) is 17.7. The highest BCUT2D eigenvalue weighted by Gasteiger charge is 2.11. The third kappa shape index (κ3) is 5.60. The van der Waals surface area contributed by atoms with E-state index >= 15 is 0 Å². The molecule has 0 aliphatic carbocycles. The molecule has 0 radical (unpaired) electrons. The molecule has 0 atom stereocenters. The minimum Gasteiger partial charge on any atom is -0.497 e. The molecule has 0 fully saturated rings. The summed E-state index contributed by atoms with van der Waals surface area (Å²) in [5.41, 5.74) is 2.42. The second-order valence-electron chi connectivity index (χ2n) is 7.94. The van der Waals surface area contributed by atoms with Crippen LogP contribution in [0.4, 0.5) is 0 Å². The van der Waals surface area contributed by atoms with Gasteiger partial charge in [0, 0.05) is 12.6 Å². The van der Waals surface area contributed by atoms with Crippen molar-refractivity contribution in [3.8, 4) is 34.1 Å². The summed E-state index contributed by atoms with van der Waals surface area (Å²) in [7, 11) is 4.75. The number of rotatable bonds is 10. The number of carbonyl (C=O) groups is 1. The Hall–Kier alpha value is -4.46. The summed E-state index contributed by atoms with van der Waals surface area (Å²) in [5.74, 6) is 2.17. The van der Waals surface area contributed by atoms with Gasteiger partial charge in [0.2, 0.25) is 0 Å². The Morgan fingerprint density at radius 2 is 1.61 bits per heavy atom. The van der Waals surface area contributed by atoms with E-state index < -0.39 is 0 Å². The molecule has 4 aromatic rings. The van der Waals surface area contributed by atoms with E-state index in [1.807, 2.05) is 18.2 Å². The predicted molar refractivity (Wildman–Crippen MR) is 136 cm³/mol. The molecular formula is C28H27NO7. The Morgan fingerprint density at radius 3 is 2.33 bits per heavy atom. The van der Waals surface area contributed by atoms with Gasteiger partial charge in [0.05, 0.1) is 32.3 Å². The van der Waals surface area contributed by atoms with Crippen LogP contribution in [0.3, 0.4) is 0 Å². The lowest BCUT2D eigenvalue weighted by atomic mass is 10.1. The predicted octanol–water partition coefficient (Wildman–Crippen LogP) is 4.22. The highest BCUT2D eigenvalue weighted by atomic mass is 16.5. The molecule has 36 heavy (non-hydrogen) atoms. The van der Waals surface area contributed by atoms with E-state index in [1.165, 1.54) is 6.26 Å². The molecule has 0 bridgehead atoms. The molecule has 8 heteroatoms. The van der Waals surface area contributed by atoms with Gasteiger partial charge >= 0.3 is 0 Å². The maximum Gasteiger partial charge on any atom is 0.257 e. The fourth-order valence-corrected chi connectivity index (χ4v) is 3.75. The lowest BCUT2D eigenvalue weighted by molar-refractivity contribution is -0.123. The van der Waals surface area contributed by atoms with Gasteiger partial charge < -0.3 is 28.7 Å². The van der Waals surface area contributed by atoms with E-state index in [2.05, 4.69) is 5.32 Å². The third-order valence-electron chi connectivity index (χ3n) is 5.70. The summed E-state index contributed by atoms with van der Waals surface area (Å²) >= 11 is 0. The fourth-order valence-electron chi connectivity index (χ4n) is 3.75. The molecule has 0 spiro atoms. The topological polar surface area (TPSA) is 96.2 Å². The van der Waals surface area contributed by atoms with Gasteiger partial charge in [-0.05, 0) is 53.9 Å². The van der Waals surface area contributed by atoms with Crippen LogP contribution >= 0.6 is 0 Å². The Labute approximate surface area is 208 Å². The van der Waals surface area contributed by atoms with Gasteiger partial charge in [-0.1, -0.05) is 18.2 Å². The SMILES string of the molecule is COc1ccc(-c2coc3cc(OCC(=O)NCCc4ccc(OC)c(OC)c4)ccc3c2=O)cc1. The molecule has 0 saturated carbocycles. The molecule has 4 rings (SSSR count). The zero-order valence-corrected chi connectivity index (χ0v) is 20.3. The second kappa shape index (κ2) is 11.3. The standard InChI is InChI=1S/C28H27NO7/c1-32-20-7-5-19(6-8-20)23-16-36-25-15-21(9-10-22(25)28(23)31)35-17-27(30)29-13-12-18-4-11-24(33-2)26(14-18)34-3/h4-11,14-16H,12-13,17H2,1-3H3,(H,29,30). The molecule has 1 aromatic heterocycles. The van der Waals surface area contributed by atoms with Crippen LogP contribution < -0.4 is 29.7 Å². The van der Waals surface area contributed by atoms with Crippen molar-refractivity contribution in [3.05, 3.63) is 82.7 Å². The van der Waals surface area contributed by atoms with Crippen LogP contribution in [-0.2, 0) is 11.2 Å². The van der Waals surface area contributed by atoms with Crippen LogP contribution in [-0.4, -0.2) is 40.4 Å². The largest absolute Gasteiger partial charge is 0.497 e. The van der Waals surface area contributed by atoms with E-state index in [0.717, 1.165) is 11.1 Å². The van der Waals surface area contributed by atoms with Gasteiger partial charge in [-0.3, -0.25) is 9.59 Å². The van der Waals surface area contributed by atoms with Crippen LogP contribution in [0.25, 0.3) is 22.1 Å². The number of nitrogens with one attached hydrogen (secondary N) is 1. The highest BCUT2D eigenvalue weighted by Crippen LogP contribution is 2.28. The first-order valence-electron chi connectivity index (χ1n) is 11.3. The average molecular weight is 490 g/mol. The molecule has 1 amide bonds. The first-order chi connectivity index (χ1) is 17.5. The summed E-state index contributed by atoms with van der Waals surface area (Å²) < 4.78 is 27.0. The lowest BCUT2D eigenvalue weighted by Crippen LogP contribution is -2.30. The van der Waals surface area contributed by atoms with Crippen molar-refractivity contribution in [2.45, 2.75) is 6.42 Å². The number of hydrogen-bond donors (Lipinski definition) is 1. The zero-order chi connectivity index (χ0) is 25.5. The summed E-state index contributed by atoms with van der Waals surface area (Å²) in [6.07, 6.45) is 2.06. The number of benzene rings is 3. The smallest absolute Gasteiger partial charge is 0.257 e. The van der Waals surface area contributed by atoms with E-state index in [9.17, 15) is 9.59 Å². The molecule has 8 nitrogen and oxygen atoms in total.